The van der Waals surface area contributed by atoms with Crippen LogP contribution in [-0.4, -0.2) is 58.8 Å². The summed E-state index contributed by atoms with van der Waals surface area (Å²) >= 11 is 0. The maximum absolute atomic E-state index is 13.0. The van der Waals surface area contributed by atoms with Gasteiger partial charge in [0.2, 0.25) is 0 Å². The van der Waals surface area contributed by atoms with Gasteiger partial charge in [0.05, 0.1) is 22.9 Å². The van der Waals surface area contributed by atoms with Gasteiger partial charge < -0.3 is 4.90 Å². The lowest BCUT2D eigenvalue weighted by atomic mass is 10.2. The van der Waals surface area contributed by atoms with E-state index in [1.54, 1.807) is 26.1 Å². The third-order valence-corrected chi connectivity index (χ3v) is 6.00. The third kappa shape index (κ3) is 3.03. The number of hydrogen-bond donors (Lipinski definition) is 0. The van der Waals surface area contributed by atoms with E-state index in [1.807, 2.05) is 0 Å². The first-order chi connectivity index (χ1) is 11.3. The number of sulfone groups is 1. The fourth-order valence-electron chi connectivity index (χ4n) is 2.77. The molecule has 1 saturated heterocycles. The Balaban J connectivity index is 1.85. The molecule has 2 aromatic rings. The number of nitrogens with zero attached hydrogens (tertiary/aromatic N) is 4. The van der Waals surface area contributed by atoms with E-state index in [2.05, 4.69) is 10.3 Å². The summed E-state index contributed by atoms with van der Waals surface area (Å²) in [6, 6.07) is 5.33. The van der Waals surface area contributed by atoms with Crippen LogP contribution in [0.4, 0.5) is 4.39 Å². The molecule has 1 aliphatic heterocycles. The lowest BCUT2D eigenvalue weighted by Gasteiger charge is -2.22. The van der Waals surface area contributed by atoms with E-state index in [1.165, 1.54) is 21.7 Å². The summed E-state index contributed by atoms with van der Waals surface area (Å²) in [7, 11) is -1.51. The number of benzene rings is 1. The average Bonchev–Trinajstić information content (AvgIpc) is 3.09. The molecule has 3 rings (SSSR count). The molecule has 0 N–H and O–H groups in total. The van der Waals surface area contributed by atoms with Gasteiger partial charge in [-0.25, -0.2) is 17.5 Å². The van der Waals surface area contributed by atoms with Crippen molar-refractivity contribution in [3.63, 3.8) is 0 Å². The zero-order valence-corrected chi connectivity index (χ0v) is 14.1. The van der Waals surface area contributed by atoms with Gasteiger partial charge in [-0.3, -0.25) is 4.79 Å². The summed E-state index contributed by atoms with van der Waals surface area (Å²) in [4.78, 5) is 14.0. The molecule has 0 radical (unpaired) electrons. The molecule has 2 heterocycles. The predicted molar refractivity (Wildman–Crippen MR) is 85.2 cm³/mol. The van der Waals surface area contributed by atoms with E-state index in [0.29, 0.717) is 17.8 Å². The molecule has 0 unspecified atom stereocenters. The van der Waals surface area contributed by atoms with Crippen molar-refractivity contribution in [3.8, 4) is 5.69 Å². The summed E-state index contributed by atoms with van der Waals surface area (Å²) in [5, 5.41) is 7.87. The molecule has 1 aromatic heterocycles. The van der Waals surface area contributed by atoms with Crippen molar-refractivity contribution < 1.29 is 17.6 Å². The molecule has 24 heavy (non-hydrogen) atoms. The third-order valence-electron chi connectivity index (χ3n) is 4.24. The highest BCUT2D eigenvalue weighted by molar-refractivity contribution is 7.91. The minimum atomic E-state index is -3.08. The molecule has 1 amide bonds. The number of aromatic nitrogens is 3. The number of halogens is 1. The van der Waals surface area contributed by atoms with Crippen LogP contribution in [0.5, 0.6) is 0 Å². The van der Waals surface area contributed by atoms with Crippen LogP contribution in [0.2, 0.25) is 0 Å². The lowest BCUT2D eigenvalue weighted by Crippen LogP contribution is -2.38. The van der Waals surface area contributed by atoms with Crippen LogP contribution >= 0.6 is 0 Å². The van der Waals surface area contributed by atoms with E-state index < -0.39 is 9.84 Å². The second kappa shape index (κ2) is 5.97. The van der Waals surface area contributed by atoms with Gasteiger partial charge in [-0.2, -0.15) is 0 Å². The van der Waals surface area contributed by atoms with Crippen molar-refractivity contribution in [2.45, 2.75) is 19.4 Å². The molecule has 7 nitrogen and oxygen atoms in total. The Bertz CT molecular complexity index is 877. The van der Waals surface area contributed by atoms with Crippen molar-refractivity contribution in [1.82, 2.24) is 19.9 Å². The molecular weight excluding hydrogens is 335 g/mol. The van der Waals surface area contributed by atoms with Crippen molar-refractivity contribution in [3.05, 3.63) is 41.5 Å². The van der Waals surface area contributed by atoms with Gasteiger partial charge in [0.15, 0.2) is 15.5 Å². The van der Waals surface area contributed by atoms with Crippen LogP contribution in [0.3, 0.4) is 0 Å². The van der Waals surface area contributed by atoms with Crippen LogP contribution in [0, 0.1) is 12.7 Å². The molecule has 1 aromatic carbocycles. The Morgan fingerprint density at radius 2 is 2.00 bits per heavy atom. The molecule has 1 fully saturated rings. The van der Waals surface area contributed by atoms with E-state index in [-0.39, 0.29) is 35.0 Å². The Morgan fingerprint density at radius 3 is 2.58 bits per heavy atom. The first kappa shape index (κ1) is 16.6. The Morgan fingerprint density at radius 1 is 1.33 bits per heavy atom. The standard InChI is InChI=1S/C15H17FN4O3S/c1-10-14(15(21)19(2)13-7-8-24(22,23)9-13)17-18-20(10)12-5-3-11(16)4-6-12/h3-6,13H,7-9H2,1-2H3/t13-/m0/s1. The van der Waals surface area contributed by atoms with Crippen LogP contribution in [0.15, 0.2) is 24.3 Å². The maximum Gasteiger partial charge on any atom is 0.276 e. The Hall–Kier alpha value is -2.29. The van der Waals surface area contributed by atoms with Gasteiger partial charge >= 0.3 is 0 Å². The lowest BCUT2D eigenvalue weighted by molar-refractivity contribution is 0.0741. The highest BCUT2D eigenvalue weighted by atomic mass is 32.2. The van der Waals surface area contributed by atoms with Gasteiger partial charge in [-0.05, 0) is 37.6 Å². The Kier molecular flexibility index (Phi) is 4.12. The van der Waals surface area contributed by atoms with E-state index in [4.69, 9.17) is 0 Å². The highest BCUT2D eigenvalue weighted by Gasteiger charge is 2.34. The zero-order chi connectivity index (χ0) is 17.5. The van der Waals surface area contributed by atoms with Crippen molar-refractivity contribution in [2.75, 3.05) is 18.6 Å². The fourth-order valence-corrected chi connectivity index (χ4v) is 4.54. The second-order valence-electron chi connectivity index (χ2n) is 5.88. The molecule has 0 aliphatic carbocycles. The van der Waals surface area contributed by atoms with Gasteiger partial charge in [-0.15, -0.1) is 5.10 Å². The summed E-state index contributed by atoms with van der Waals surface area (Å²) in [5.74, 6) is -0.672. The van der Waals surface area contributed by atoms with Crippen molar-refractivity contribution in [1.29, 1.82) is 0 Å². The molecule has 0 bridgehead atoms. The topological polar surface area (TPSA) is 85.2 Å². The quantitative estimate of drug-likeness (QED) is 0.822. The fraction of sp³-hybridized carbons (Fsp3) is 0.400. The molecule has 9 heteroatoms. The van der Waals surface area contributed by atoms with E-state index in [9.17, 15) is 17.6 Å². The zero-order valence-electron chi connectivity index (χ0n) is 13.3. The van der Waals surface area contributed by atoms with E-state index in [0.717, 1.165) is 0 Å². The molecule has 0 spiro atoms. The van der Waals surface area contributed by atoms with Crippen LogP contribution in [-0.2, 0) is 9.84 Å². The minimum absolute atomic E-state index is 0.0274. The Labute approximate surface area is 139 Å². The number of hydrogen-bond acceptors (Lipinski definition) is 5. The smallest absolute Gasteiger partial charge is 0.276 e. The number of carbonyl (C=O) groups excluding carboxylic acids is 1. The highest BCUT2D eigenvalue weighted by Crippen LogP contribution is 2.20. The molecule has 1 aliphatic rings. The van der Waals surface area contributed by atoms with Gasteiger partial charge in [0.25, 0.3) is 5.91 Å². The molecule has 0 saturated carbocycles. The minimum Gasteiger partial charge on any atom is -0.336 e. The van der Waals surface area contributed by atoms with Gasteiger partial charge in [-0.1, -0.05) is 5.21 Å². The average molecular weight is 352 g/mol. The molecular formula is C15H17FN4O3S. The number of rotatable bonds is 3. The SMILES string of the molecule is Cc1c(C(=O)N(C)[C@H]2CCS(=O)(=O)C2)nnn1-c1ccc(F)cc1. The largest absolute Gasteiger partial charge is 0.336 e. The summed E-state index contributed by atoms with van der Waals surface area (Å²) in [6.07, 6.45) is 0.426. The molecule has 128 valence electrons. The predicted octanol–water partition coefficient (Wildman–Crippen LogP) is 0.974. The summed E-state index contributed by atoms with van der Waals surface area (Å²) in [5.41, 5.74) is 1.26. The second-order valence-corrected chi connectivity index (χ2v) is 8.11. The van der Waals surface area contributed by atoms with Crippen LogP contribution in [0.1, 0.15) is 22.6 Å². The van der Waals surface area contributed by atoms with Gasteiger partial charge in [0, 0.05) is 13.1 Å². The monoisotopic (exact) mass is 352 g/mol. The van der Waals surface area contributed by atoms with Crippen molar-refractivity contribution >= 4 is 15.7 Å². The first-order valence-corrected chi connectivity index (χ1v) is 9.26. The number of carbonyl (C=O) groups is 1. The van der Waals surface area contributed by atoms with E-state index >= 15 is 0 Å². The van der Waals surface area contributed by atoms with Gasteiger partial charge in [0.1, 0.15) is 5.82 Å². The normalized spacial score (nSPS) is 19.4. The summed E-state index contributed by atoms with van der Waals surface area (Å²) in [6.45, 7) is 1.69. The first-order valence-electron chi connectivity index (χ1n) is 7.44. The maximum atomic E-state index is 13.0. The number of amides is 1. The van der Waals surface area contributed by atoms with Crippen molar-refractivity contribution in [2.24, 2.45) is 0 Å². The van der Waals surface area contributed by atoms with Crippen LogP contribution < -0.4 is 0 Å². The van der Waals surface area contributed by atoms with Crippen LogP contribution in [0.25, 0.3) is 5.69 Å². The molecule has 1 atom stereocenters. The summed E-state index contributed by atoms with van der Waals surface area (Å²) < 4.78 is 37.6.